The first-order valence-corrected chi connectivity index (χ1v) is 7.67. The lowest BCUT2D eigenvalue weighted by atomic mass is 9.98. The average molecular weight is 384 g/mol. The van der Waals surface area contributed by atoms with E-state index in [9.17, 15) is 4.79 Å². The number of benzene rings is 2. The van der Waals surface area contributed by atoms with Gasteiger partial charge in [-0.3, -0.25) is 4.79 Å². The van der Waals surface area contributed by atoms with Crippen LogP contribution in [0.1, 0.15) is 11.5 Å². The molecule has 1 unspecified atom stereocenters. The van der Waals surface area contributed by atoms with Crippen LogP contribution < -0.4 is 11.1 Å². The summed E-state index contributed by atoms with van der Waals surface area (Å²) in [6, 6.07) is 14.4. The zero-order valence-corrected chi connectivity index (χ0v) is 14.0. The van der Waals surface area contributed by atoms with Crippen molar-refractivity contribution in [2.45, 2.75) is 5.92 Å². The smallest absolute Gasteiger partial charge is 0.238 e. The van der Waals surface area contributed by atoms with E-state index in [1.54, 1.807) is 18.2 Å². The number of carbonyl (C=O) groups is 1. The largest absolute Gasteiger partial charge is 0.392 e. The minimum absolute atomic E-state index is 0.118. The molecule has 0 fully saturated rings. The molecule has 0 saturated heterocycles. The summed E-state index contributed by atoms with van der Waals surface area (Å²) in [6.07, 6.45) is 0. The van der Waals surface area contributed by atoms with Crippen LogP contribution in [0.5, 0.6) is 0 Å². The summed E-state index contributed by atoms with van der Waals surface area (Å²) in [7, 11) is 0. The van der Waals surface area contributed by atoms with Gasteiger partial charge in [-0.15, -0.1) is 0 Å². The van der Waals surface area contributed by atoms with Gasteiger partial charge in [0.15, 0.2) is 0 Å². The first-order chi connectivity index (χ1) is 9.99. The van der Waals surface area contributed by atoms with Crippen molar-refractivity contribution in [3.8, 4) is 0 Å². The summed E-state index contributed by atoms with van der Waals surface area (Å²) in [5.41, 5.74) is 6.98. The summed E-state index contributed by atoms with van der Waals surface area (Å²) in [6.45, 7) is 0. The van der Waals surface area contributed by atoms with Crippen LogP contribution in [0.25, 0.3) is 0 Å². The third kappa shape index (κ3) is 4.03. The molecule has 3 N–H and O–H groups in total. The SMILES string of the molecule is NC(=S)C(C(=O)Nc1ccc(Br)cc1Cl)c1ccccc1. The van der Waals surface area contributed by atoms with Gasteiger partial charge in [-0.05, 0) is 23.8 Å². The number of carbonyl (C=O) groups excluding carboxylic acids is 1. The zero-order chi connectivity index (χ0) is 15.4. The number of nitrogens with two attached hydrogens (primary N) is 1. The van der Waals surface area contributed by atoms with Crippen LogP contribution in [-0.4, -0.2) is 10.9 Å². The summed E-state index contributed by atoms with van der Waals surface area (Å²) in [5.74, 6) is -1.00. The molecule has 0 aromatic heterocycles. The Morgan fingerprint density at radius 1 is 1.24 bits per heavy atom. The summed E-state index contributed by atoms with van der Waals surface area (Å²) < 4.78 is 0.833. The van der Waals surface area contributed by atoms with Gasteiger partial charge in [-0.25, -0.2) is 0 Å². The Labute approximate surface area is 141 Å². The summed E-state index contributed by atoms with van der Waals surface area (Å²) in [4.78, 5) is 12.6. The predicted molar refractivity (Wildman–Crippen MR) is 93.8 cm³/mol. The quantitative estimate of drug-likeness (QED) is 0.781. The van der Waals surface area contributed by atoms with Gasteiger partial charge < -0.3 is 11.1 Å². The Morgan fingerprint density at radius 3 is 2.48 bits per heavy atom. The molecule has 1 atom stereocenters. The van der Waals surface area contributed by atoms with Gasteiger partial charge in [0.2, 0.25) is 5.91 Å². The highest BCUT2D eigenvalue weighted by molar-refractivity contribution is 9.10. The Morgan fingerprint density at radius 2 is 1.90 bits per heavy atom. The number of rotatable bonds is 4. The molecule has 6 heteroatoms. The number of halogens is 2. The standard InChI is InChI=1S/C15H12BrClN2OS/c16-10-6-7-12(11(17)8-10)19-15(20)13(14(18)21)9-4-2-1-3-5-9/h1-8,13H,(H2,18,21)(H,19,20). The van der Waals surface area contributed by atoms with Gasteiger partial charge in [0.25, 0.3) is 0 Å². The number of anilines is 1. The number of amides is 1. The molecule has 21 heavy (non-hydrogen) atoms. The van der Waals surface area contributed by atoms with E-state index in [1.807, 2.05) is 30.3 Å². The monoisotopic (exact) mass is 382 g/mol. The van der Waals surface area contributed by atoms with Crippen molar-refractivity contribution in [1.29, 1.82) is 0 Å². The second-order valence-corrected chi connectivity index (χ2v) is 6.15. The van der Waals surface area contributed by atoms with Crippen molar-refractivity contribution in [3.63, 3.8) is 0 Å². The second-order valence-electron chi connectivity index (χ2n) is 4.36. The molecule has 0 spiro atoms. The minimum atomic E-state index is -0.694. The summed E-state index contributed by atoms with van der Waals surface area (Å²) in [5, 5.41) is 3.20. The maximum atomic E-state index is 12.4. The first kappa shape index (κ1) is 15.9. The highest BCUT2D eigenvalue weighted by Crippen LogP contribution is 2.27. The van der Waals surface area contributed by atoms with Gasteiger partial charge in [-0.1, -0.05) is 70.1 Å². The fraction of sp³-hybridized carbons (Fsp3) is 0.0667. The molecule has 2 rings (SSSR count). The molecule has 0 aliphatic carbocycles. The van der Waals surface area contributed by atoms with E-state index in [0.29, 0.717) is 10.7 Å². The van der Waals surface area contributed by atoms with E-state index >= 15 is 0 Å². The Bertz CT molecular complexity index is 679. The van der Waals surface area contributed by atoms with Crippen LogP contribution in [-0.2, 0) is 4.79 Å². The normalized spacial score (nSPS) is 11.7. The maximum Gasteiger partial charge on any atom is 0.238 e. The molecule has 0 heterocycles. The van der Waals surface area contributed by atoms with Crippen molar-refractivity contribution >= 4 is 56.3 Å². The molecule has 3 nitrogen and oxygen atoms in total. The van der Waals surface area contributed by atoms with Crippen LogP contribution in [0.3, 0.4) is 0 Å². The molecule has 0 bridgehead atoms. The fourth-order valence-corrected chi connectivity index (χ4v) is 2.85. The van der Waals surface area contributed by atoms with E-state index in [2.05, 4.69) is 21.2 Å². The van der Waals surface area contributed by atoms with Gasteiger partial charge in [-0.2, -0.15) is 0 Å². The average Bonchev–Trinajstić information content (AvgIpc) is 2.43. The van der Waals surface area contributed by atoms with E-state index < -0.39 is 5.92 Å². The molecule has 0 aliphatic rings. The van der Waals surface area contributed by atoms with Crippen molar-refractivity contribution < 1.29 is 4.79 Å². The molecule has 1 amide bonds. The number of hydrogen-bond acceptors (Lipinski definition) is 2. The van der Waals surface area contributed by atoms with Crippen molar-refractivity contribution in [3.05, 3.63) is 63.6 Å². The lowest BCUT2D eigenvalue weighted by molar-refractivity contribution is -0.116. The molecule has 0 radical (unpaired) electrons. The minimum Gasteiger partial charge on any atom is -0.392 e. The van der Waals surface area contributed by atoms with Crippen molar-refractivity contribution in [2.75, 3.05) is 5.32 Å². The highest BCUT2D eigenvalue weighted by atomic mass is 79.9. The van der Waals surface area contributed by atoms with Gasteiger partial charge in [0.05, 0.1) is 15.7 Å². The second kappa shape index (κ2) is 7.02. The number of nitrogens with one attached hydrogen (secondary N) is 1. The molecule has 108 valence electrons. The topological polar surface area (TPSA) is 55.1 Å². The summed E-state index contributed by atoms with van der Waals surface area (Å²) >= 11 is 14.4. The van der Waals surface area contributed by atoms with E-state index in [-0.39, 0.29) is 10.9 Å². The van der Waals surface area contributed by atoms with Gasteiger partial charge in [0, 0.05) is 4.47 Å². The number of hydrogen-bond donors (Lipinski definition) is 2. The molecular weight excluding hydrogens is 372 g/mol. The number of thiocarbonyl (C=S) groups is 1. The van der Waals surface area contributed by atoms with E-state index in [0.717, 1.165) is 10.0 Å². The first-order valence-electron chi connectivity index (χ1n) is 6.09. The molecule has 2 aromatic carbocycles. The Kier molecular flexibility index (Phi) is 5.33. The lowest BCUT2D eigenvalue weighted by Crippen LogP contribution is -2.31. The fourth-order valence-electron chi connectivity index (χ4n) is 1.89. The Hall–Kier alpha value is -1.43. The van der Waals surface area contributed by atoms with Crippen LogP contribution in [0.4, 0.5) is 5.69 Å². The van der Waals surface area contributed by atoms with Gasteiger partial charge >= 0.3 is 0 Å². The van der Waals surface area contributed by atoms with Crippen LogP contribution in [0.2, 0.25) is 5.02 Å². The van der Waals surface area contributed by atoms with Crippen LogP contribution in [0, 0.1) is 0 Å². The van der Waals surface area contributed by atoms with Crippen LogP contribution >= 0.6 is 39.7 Å². The van der Waals surface area contributed by atoms with E-state index in [4.69, 9.17) is 29.6 Å². The Balaban J connectivity index is 2.26. The molecule has 0 saturated carbocycles. The molecule has 0 aliphatic heterocycles. The third-order valence-electron chi connectivity index (χ3n) is 2.87. The zero-order valence-electron chi connectivity index (χ0n) is 10.8. The molecular formula is C15H12BrClN2OS. The van der Waals surface area contributed by atoms with Crippen molar-refractivity contribution in [1.82, 2.24) is 0 Å². The lowest BCUT2D eigenvalue weighted by Gasteiger charge is -2.16. The highest BCUT2D eigenvalue weighted by Gasteiger charge is 2.24. The third-order valence-corrected chi connectivity index (χ3v) is 3.91. The maximum absolute atomic E-state index is 12.4. The molecule has 2 aromatic rings. The van der Waals surface area contributed by atoms with E-state index in [1.165, 1.54) is 0 Å². The van der Waals surface area contributed by atoms with Crippen molar-refractivity contribution in [2.24, 2.45) is 5.73 Å². The predicted octanol–water partition coefficient (Wildman–Crippen LogP) is 4.11. The van der Waals surface area contributed by atoms with Crippen LogP contribution in [0.15, 0.2) is 53.0 Å². The van der Waals surface area contributed by atoms with Gasteiger partial charge in [0.1, 0.15) is 5.92 Å².